The highest BCUT2D eigenvalue weighted by molar-refractivity contribution is 5.56. The summed E-state index contributed by atoms with van der Waals surface area (Å²) in [5.41, 5.74) is 1.98. The highest BCUT2D eigenvalue weighted by atomic mass is 19.3. The van der Waals surface area contributed by atoms with Gasteiger partial charge < -0.3 is 4.74 Å². The first kappa shape index (κ1) is 15.8. The molecule has 0 atom stereocenters. The van der Waals surface area contributed by atoms with Gasteiger partial charge in [0.2, 0.25) is 0 Å². The van der Waals surface area contributed by atoms with Crippen LogP contribution in [-0.4, -0.2) is 16.6 Å². The van der Waals surface area contributed by atoms with E-state index in [9.17, 15) is 8.78 Å². The highest BCUT2D eigenvalue weighted by Gasteiger charge is 2.20. The van der Waals surface area contributed by atoms with E-state index in [4.69, 9.17) is 0 Å². The summed E-state index contributed by atoms with van der Waals surface area (Å²) in [4.78, 5) is 8.87. The van der Waals surface area contributed by atoms with Gasteiger partial charge in [-0.1, -0.05) is 19.8 Å². The molecule has 122 valence electrons. The van der Waals surface area contributed by atoms with Crippen LogP contribution < -0.4 is 4.74 Å². The standard InChI is InChI=1S/C18H20F2N2O/c1-12-2-4-13(5-3-12)15-10-21-17(22-11-15)14-6-8-16(9-7-14)23-18(19)20/h6-13,18H,2-5H2,1H3. The van der Waals surface area contributed by atoms with Gasteiger partial charge in [0, 0.05) is 18.0 Å². The molecule has 0 spiro atoms. The minimum atomic E-state index is -2.81. The maximum atomic E-state index is 12.1. The maximum absolute atomic E-state index is 12.1. The van der Waals surface area contributed by atoms with Crippen molar-refractivity contribution < 1.29 is 13.5 Å². The minimum Gasteiger partial charge on any atom is -0.435 e. The molecular formula is C18H20F2N2O. The molecule has 0 radical (unpaired) electrons. The normalized spacial score (nSPS) is 21.4. The van der Waals surface area contributed by atoms with Crippen molar-refractivity contribution >= 4 is 0 Å². The lowest BCUT2D eigenvalue weighted by Gasteiger charge is -2.25. The third-order valence-electron chi connectivity index (χ3n) is 4.50. The van der Waals surface area contributed by atoms with E-state index in [0.717, 1.165) is 11.5 Å². The van der Waals surface area contributed by atoms with Crippen LogP contribution in [0.1, 0.15) is 44.1 Å². The summed E-state index contributed by atoms with van der Waals surface area (Å²) in [6.07, 6.45) is 8.71. The van der Waals surface area contributed by atoms with Crippen molar-refractivity contribution in [3.05, 3.63) is 42.2 Å². The summed E-state index contributed by atoms with van der Waals surface area (Å²) >= 11 is 0. The molecule has 1 fully saturated rings. The van der Waals surface area contributed by atoms with E-state index in [2.05, 4.69) is 21.6 Å². The van der Waals surface area contributed by atoms with Crippen LogP contribution in [0.3, 0.4) is 0 Å². The molecule has 0 amide bonds. The molecule has 3 nitrogen and oxygen atoms in total. The maximum Gasteiger partial charge on any atom is 0.387 e. The molecule has 0 N–H and O–H groups in total. The third-order valence-corrected chi connectivity index (χ3v) is 4.50. The molecule has 1 aliphatic carbocycles. The van der Waals surface area contributed by atoms with Gasteiger partial charge in [-0.15, -0.1) is 0 Å². The van der Waals surface area contributed by atoms with Crippen molar-refractivity contribution in [2.24, 2.45) is 5.92 Å². The summed E-state index contributed by atoms with van der Waals surface area (Å²) in [6.45, 7) is -0.508. The van der Waals surface area contributed by atoms with Crippen molar-refractivity contribution in [3.8, 4) is 17.1 Å². The minimum absolute atomic E-state index is 0.136. The predicted octanol–water partition coefficient (Wildman–Crippen LogP) is 5.04. The van der Waals surface area contributed by atoms with Crippen LogP contribution in [0.2, 0.25) is 0 Å². The van der Waals surface area contributed by atoms with E-state index < -0.39 is 6.61 Å². The van der Waals surface area contributed by atoms with E-state index >= 15 is 0 Å². The van der Waals surface area contributed by atoms with Crippen LogP contribution in [0.5, 0.6) is 5.75 Å². The lowest BCUT2D eigenvalue weighted by atomic mass is 9.80. The molecule has 1 aromatic heterocycles. The van der Waals surface area contributed by atoms with E-state index in [1.165, 1.54) is 43.4 Å². The number of rotatable bonds is 4. The number of hydrogen-bond acceptors (Lipinski definition) is 3. The number of alkyl halides is 2. The Balaban J connectivity index is 1.69. The number of nitrogens with zero attached hydrogens (tertiary/aromatic N) is 2. The summed E-state index contributed by atoms with van der Waals surface area (Å²) in [7, 11) is 0. The second-order valence-corrected chi connectivity index (χ2v) is 6.20. The number of ether oxygens (including phenoxy) is 1. The molecule has 0 saturated heterocycles. The molecule has 3 rings (SSSR count). The lowest BCUT2D eigenvalue weighted by Crippen LogP contribution is -2.11. The first-order chi connectivity index (χ1) is 11.1. The van der Waals surface area contributed by atoms with Crippen molar-refractivity contribution in [2.75, 3.05) is 0 Å². The Morgan fingerprint density at radius 3 is 2.17 bits per heavy atom. The fourth-order valence-electron chi connectivity index (χ4n) is 3.08. The third kappa shape index (κ3) is 4.03. The molecule has 1 aliphatic rings. The number of aromatic nitrogens is 2. The molecule has 1 aromatic carbocycles. The summed E-state index contributed by atoms with van der Waals surface area (Å²) in [5.74, 6) is 2.11. The molecule has 1 saturated carbocycles. The lowest BCUT2D eigenvalue weighted by molar-refractivity contribution is -0.0498. The van der Waals surface area contributed by atoms with Gasteiger partial charge in [-0.25, -0.2) is 9.97 Å². The van der Waals surface area contributed by atoms with E-state index in [0.29, 0.717) is 11.7 Å². The average molecular weight is 318 g/mol. The molecule has 0 unspecified atom stereocenters. The summed E-state index contributed by atoms with van der Waals surface area (Å²) in [6, 6.07) is 6.38. The van der Waals surface area contributed by atoms with Gasteiger partial charge in [-0.2, -0.15) is 8.78 Å². The topological polar surface area (TPSA) is 35.0 Å². The molecule has 0 bridgehead atoms. The zero-order valence-corrected chi connectivity index (χ0v) is 13.1. The van der Waals surface area contributed by atoms with Crippen molar-refractivity contribution in [3.63, 3.8) is 0 Å². The first-order valence-corrected chi connectivity index (χ1v) is 7.99. The Labute approximate surface area is 134 Å². The number of hydrogen-bond donors (Lipinski definition) is 0. The zero-order valence-electron chi connectivity index (χ0n) is 13.1. The van der Waals surface area contributed by atoms with Crippen LogP contribution in [0.25, 0.3) is 11.4 Å². The van der Waals surface area contributed by atoms with Gasteiger partial charge in [0.1, 0.15) is 5.75 Å². The van der Waals surface area contributed by atoms with Gasteiger partial charge in [0.05, 0.1) is 0 Å². The Hall–Kier alpha value is -2.04. The van der Waals surface area contributed by atoms with Crippen molar-refractivity contribution in [1.82, 2.24) is 9.97 Å². The highest BCUT2D eigenvalue weighted by Crippen LogP contribution is 2.35. The van der Waals surface area contributed by atoms with Crippen LogP contribution in [-0.2, 0) is 0 Å². The van der Waals surface area contributed by atoms with Gasteiger partial charge >= 0.3 is 6.61 Å². The number of benzene rings is 1. The second kappa shape index (κ2) is 7.02. The first-order valence-electron chi connectivity index (χ1n) is 7.99. The summed E-state index contributed by atoms with van der Waals surface area (Å²) < 4.78 is 28.6. The Morgan fingerprint density at radius 1 is 1.00 bits per heavy atom. The van der Waals surface area contributed by atoms with Gasteiger partial charge in [-0.05, 0) is 54.5 Å². The van der Waals surface area contributed by atoms with Crippen molar-refractivity contribution in [2.45, 2.75) is 45.1 Å². The van der Waals surface area contributed by atoms with Gasteiger partial charge in [-0.3, -0.25) is 0 Å². The Bertz CT molecular complexity index is 620. The van der Waals surface area contributed by atoms with Crippen LogP contribution in [0.4, 0.5) is 8.78 Å². The smallest absolute Gasteiger partial charge is 0.387 e. The van der Waals surface area contributed by atoms with Gasteiger partial charge in [0.15, 0.2) is 5.82 Å². The fraction of sp³-hybridized carbons (Fsp3) is 0.444. The van der Waals surface area contributed by atoms with Crippen LogP contribution >= 0.6 is 0 Å². The molecule has 2 aromatic rings. The van der Waals surface area contributed by atoms with E-state index in [1.54, 1.807) is 12.1 Å². The Morgan fingerprint density at radius 2 is 1.61 bits per heavy atom. The van der Waals surface area contributed by atoms with Gasteiger partial charge in [0.25, 0.3) is 0 Å². The van der Waals surface area contributed by atoms with E-state index in [-0.39, 0.29) is 5.75 Å². The Kier molecular flexibility index (Phi) is 4.84. The molecule has 5 heteroatoms. The number of halogens is 2. The molecule has 1 heterocycles. The largest absolute Gasteiger partial charge is 0.435 e. The van der Waals surface area contributed by atoms with Crippen LogP contribution in [0.15, 0.2) is 36.7 Å². The molecular weight excluding hydrogens is 298 g/mol. The average Bonchev–Trinajstić information content (AvgIpc) is 2.56. The quantitative estimate of drug-likeness (QED) is 0.792. The fourth-order valence-corrected chi connectivity index (χ4v) is 3.08. The molecule has 0 aliphatic heterocycles. The predicted molar refractivity (Wildman–Crippen MR) is 84.5 cm³/mol. The SMILES string of the molecule is CC1CCC(c2cnc(-c3ccc(OC(F)F)cc3)nc2)CC1. The monoisotopic (exact) mass is 318 g/mol. The van der Waals surface area contributed by atoms with E-state index in [1.807, 2.05) is 12.4 Å². The van der Waals surface area contributed by atoms with Crippen molar-refractivity contribution in [1.29, 1.82) is 0 Å². The zero-order chi connectivity index (χ0) is 16.2. The second-order valence-electron chi connectivity index (χ2n) is 6.20. The molecule has 23 heavy (non-hydrogen) atoms. The summed E-state index contributed by atoms with van der Waals surface area (Å²) in [5, 5.41) is 0. The van der Waals surface area contributed by atoms with Crippen LogP contribution in [0, 0.1) is 5.92 Å².